The molecule has 1 aromatic carbocycles. The molecule has 1 aromatic rings. The second kappa shape index (κ2) is 7.79. The third kappa shape index (κ3) is 4.06. The molecule has 0 heterocycles. The van der Waals surface area contributed by atoms with E-state index in [0.29, 0.717) is 6.42 Å². The van der Waals surface area contributed by atoms with Crippen LogP contribution in [0.5, 0.6) is 0 Å². The van der Waals surface area contributed by atoms with Gasteiger partial charge in [0.25, 0.3) is 0 Å². The van der Waals surface area contributed by atoms with Crippen molar-refractivity contribution in [1.82, 2.24) is 5.32 Å². The Morgan fingerprint density at radius 3 is 2.90 bits per heavy atom. The Morgan fingerprint density at radius 2 is 2.10 bits per heavy atom. The fraction of sp³-hybridized carbons (Fsp3) is 0.562. The zero-order chi connectivity index (χ0) is 14.4. The Hall–Kier alpha value is -0.870. The topological polar surface area (TPSA) is 55.1 Å². The van der Waals surface area contributed by atoms with Crippen LogP contribution in [0.4, 0.5) is 0 Å². The van der Waals surface area contributed by atoms with Crippen LogP contribution in [0.1, 0.15) is 55.7 Å². The number of amides is 1. The number of fused-ring (bicyclic) bond motifs is 1. The molecule has 1 aliphatic rings. The van der Waals surface area contributed by atoms with E-state index in [-0.39, 0.29) is 11.9 Å². The lowest BCUT2D eigenvalue weighted by molar-refractivity contribution is -0.121. The molecule has 110 valence electrons. The van der Waals surface area contributed by atoms with E-state index in [1.54, 1.807) is 0 Å². The van der Waals surface area contributed by atoms with Crippen molar-refractivity contribution < 1.29 is 4.79 Å². The van der Waals surface area contributed by atoms with Crippen molar-refractivity contribution in [3.8, 4) is 0 Å². The van der Waals surface area contributed by atoms with Gasteiger partial charge in [0, 0.05) is 10.9 Å². The van der Waals surface area contributed by atoms with Crippen LogP contribution in [0.15, 0.2) is 22.7 Å². The van der Waals surface area contributed by atoms with Gasteiger partial charge in [-0.2, -0.15) is 0 Å². The van der Waals surface area contributed by atoms with Crippen LogP contribution in [0, 0.1) is 0 Å². The van der Waals surface area contributed by atoms with Crippen molar-refractivity contribution in [3.63, 3.8) is 0 Å². The number of nitrogens with one attached hydrogen (secondary N) is 1. The van der Waals surface area contributed by atoms with Crippen molar-refractivity contribution in [2.24, 2.45) is 5.73 Å². The maximum absolute atomic E-state index is 12.0. The summed E-state index contributed by atoms with van der Waals surface area (Å²) in [5.41, 5.74) is 8.08. The summed E-state index contributed by atoms with van der Waals surface area (Å²) < 4.78 is 1.16. The fourth-order valence-corrected chi connectivity index (χ4v) is 3.39. The van der Waals surface area contributed by atoms with Gasteiger partial charge < -0.3 is 11.1 Å². The predicted molar refractivity (Wildman–Crippen MR) is 85.5 cm³/mol. The maximum Gasteiger partial charge on any atom is 0.220 e. The molecule has 0 fully saturated rings. The van der Waals surface area contributed by atoms with Gasteiger partial charge in [0.1, 0.15) is 0 Å². The molecule has 20 heavy (non-hydrogen) atoms. The zero-order valence-electron chi connectivity index (χ0n) is 11.8. The molecule has 1 aliphatic carbocycles. The highest BCUT2D eigenvalue weighted by atomic mass is 79.9. The second-order valence-electron chi connectivity index (χ2n) is 5.42. The molecule has 3 N–H and O–H groups in total. The summed E-state index contributed by atoms with van der Waals surface area (Å²) in [7, 11) is 0. The summed E-state index contributed by atoms with van der Waals surface area (Å²) >= 11 is 3.58. The molecule has 2 rings (SSSR count). The van der Waals surface area contributed by atoms with Crippen molar-refractivity contribution in [3.05, 3.63) is 33.8 Å². The highest BCUT2D eigenvalue weighted by Gasteiger charge is 2.24. The summed E-state index contributed by atoms with van der Waals surface area (Å²) in [5.74, 6) is 0.176. The van der Waals surface area contributed by atoms with Crippen LogP contribution >= 0.6 is 15.9 Å². The van der Waals surface area contributed by atoms with Gasteiger partial charge >= 0.3 is 0 Å². The van der Waals surface area contributed by atoms with E-state index in [1.807, 2.05) is 6.07 Å². The average Bonchev–Trinajstić information content (AvgIpc) is 2.83. The quantitative estimate of drug-likeness (QED) is 0.748. The Kier molecular flexibility index (Phi) is 6.05. The Morgan fingerprint density at radius 1 is 1.30 bits per heavy atom. The van der Waals surface area contributed by atoms with Gasteiger partial charge in [-0.15, -0.1) is 0 Å². The summed E-state index contributed by atoms with van der Waals surface area (Å²) in [4.78, 5) is 12.0. The van der Waals surface area contributed by atoms with Crippen LogP contribution < -0.4 is 11.1 Å². The van der Waals surface area contributed by atoms with E-state index in [1.165, 1.54) is 11.1 Å². The molecule has 0 saturated carbocycles. The van der Waals surface area contributed by atoms with E-state index >= 15 is 0 Å². The molecule has 0 saturated heterocycles. The minimum atomic E-state index is 0.176. The Balaban J connectivity index is 1.78. The number of unbranched alkanes of at least 4 members (excludes halogenated alkanes) is 3. The third-order valence-corrected chi connectivity index (χ3v) is 4.65. The monoisotopic (exact) mass is 338 g/mol. The van der Waals surface area contributed by atoms with Crippen molar-refractivity contribution in [2.45, 2.75) is 51.0 Å². The zero-order valence-corrected chi connectivity index (χ0v) is 13.4. The summed E-state index contributed by atoms with van der Waals surface area (Å²) in [6.45, 7) is 0.750. The van der Waals surface area contributed by atoms with E-state index in [9.17, 15) is 4.79 Å². The molecule has 0 bridgehead atoms. The smallest absolute Gasteiger partial charge is 0.220 e. The molecule has 1 atom stereocenters. The molecule has 3 nitrogen and oxygen atoms in total. The number of hydrogen-bond acceptors (Lipinski definition) is 2. The van der Waals surface area contributed by atoms with Gasteiger partial charge in [0.15, 0.2) is 0 Å². The number of rotatable bonds is 7. The molecule has 0 spiro atoms. The van der Waals surface area contributed by atoms with E-state index < -0.39 is 0 Å². The van der Waals surface area contributed by atoms with Gasteiger partial charge in [-0.1, -0.05) is 40.9 Å². The first kappa shape index (κ1) is 15.5. The first-order valence-electron chi connectivity index (χ1n) is 7.49. The first-order valence-corrected chi connectivity index (χ1v) is 8.28. The SMILES string of the molecule is NCCCCCCC(=O)NC1CCc2c(Br)cccc21. The Labute approximate surface area is 129 Å². The van der Waals surface area contributed by atoms with Gasteiger partial charge in [0.05, 0.1) is 6.04 Å². The summed E-state index contributed by atoms with van der Waals surface area (Å²) in [6.07, 6.45) is 6.93. The van der Waals surface area contributed by atoms with Gasteiger partial charge in [-0.3, -0.25) is 4.79 Å². The summed E-state index contributed by atoms with van der Waals surface area (Å²) in [6, 6.07) is 6.43. The van der Waals surface area contributed by atoms with Crippen LogP contribution in [0.25, 0.3) is 0 Å². The molecule has 0 aromatic heterocycles. The molecule has 0 radical (unpaired) electrons. The highest BCUT2D eigenvalue weighted by Crippen LogP contribution is 2.35. The van der Waals surface area contributed by atoms with Crippen molar-refractivity contribution in [2.75, 3.05) is 6.54 Å². The van der Waals surface area contributed by atoms with Crippen molar-refractivity contribution in [1.29, 1.82) is 0 Å². The van der Waals surface area contributed by atoms with Crippen LogP contribution in [-0.4, -0.2) is 12.5 Å². The van der Waals surface area contributed by atoms with E-state index in [2.05, 4.69) is 33.4 Å². The lowest BCUT2D eigenvalue weighted by Gasteiger charge is -2.14. The average molecular weight is 339 g/mol. The second-order valence-corrected chi connectivity index (χ2v) is 6.27. The molecular weight excluding hydrogens is 316 g/mol. The number of carbonyl (C=O) groups is 1. The molecule has 0 aliphatic heterocycles. The predicted octanol–water partition coefficient (Wildman–Crippen LogP) is 3.46. The Bertz CT molecular complexity index is 462. The standard InChI is InChI=1S/C16H23BrN2O/c17-14-7-5-6-13-12(14)9-10-15(13)19-16(20)8-3-1-2-4-11-18/h5-7,15H,1-4,8-11,18H2,(H,19,20). The molecule has 1 amide bonds. The normalized spacial score (nSPS) is 17.0. The number of halogens is 1. The van der Waals surface area contributed by atoms with Gasteiger partial charge in [-0.25, -0.2) is 0 Å². The number of nitrogens with two attached hydrogens (primary N) is 1. The minimum absolute atomic E-state index is 0.176. The fourth-order valence-electron chi connectivity index (χ4n) is 2.81. The lowest BCUT2D eigenvalue weighted by atomic mass is 10.1. The first-order chi connectivity index (χ1) is 9.72. The number of benzene rings is 1. The number of carbonyl (C=O) groups excluding carboxylic acids is 1. The maximum atomic E-state index is 12.0. The van der Waals surface area contributed by atoms with Crippen molar-refractivity contribution >= 4 is 21.8 Å². The van der Waals surface area contributed by atoms with Crippen LogP contribution in [0.3, 0.4) is 0 Å². The molecule has 4 heteroatoms. The number of hydrogen-bond donors (Lipinski definition) is 2. The molecular formula is C16H23BrN2O. The third-order valence-electron chi connectivity index (χ3n) is 3.91. The lowest BCUT2D eigenvalue weighted by Crippen LogP contribution is -2.26. The van der Waals surface area contributed by atoms with Crippen LogP contribution in [0.2, 0.25) is 0 Å². The van der Waals surface area contributed by atoms with E-state index in [4.69, 9.17) is 5.73 Å². The minimum Gasteiger partial charge on any atom is -0.349 e. The highest BCUT2D eigenvalue weighted by molar-refractivity contribution is 9.10. The van der Waals surface area contributed by atoms with Gasteiger partial charge in [0.2, 0.25) is 5.91 Å². The molecule has 1 unspecified atom stereocenters. The van der Waals surface area contributed by atoms with Crippen LogP contribution in [-0.2, 0) is 11.2 Å². The van der Waals surface area contributed by atoms with E-state index in [0.717, 1.165) is 49.5 Å². The largest absolute Gasteiger partial charge is 0.349 e. The van der Waals surface area contributed by atoms with Gasteiger partial charge in [-0.05, 0) is 49.4 Å². The summed E-state index contributed by atoms with van der Waals surface area (Å²) in [5, 5.41) is 3.17.